The predicted molar refractivity (Wildman–Crippen MR) is 84.2 cm³/mol. The second kappa shape index (κ2) is 6.15. The van der Waals surface area contributed by atoms with E-state index in [2.05, 4.69) is 20.2 Å². The molecule has 1 aliphatic heterocycles. The minimum atomic E-state index is 0.527. The van der Waals surface area contributed by atoms with Gasteiger partial charge in [0.25, 0.3) is 0 Å². The highest BCUT2D eigenvalue weighted by Gasteiger charge is 2.17. The van der Waals surface area contributed by atoms with Gasteiger partial charge in [0, 0.05) is 23.8 Å². The lowest BCUT2D eigenvalue weighted by Gasteiger charge is -2.28. The molecule has 0 atom stereocenters. The summed E-state index contributed by atoms with van der Waals surface area (Å²) >= 11 is 5.98. The number of nitrogens with one attached hydrogen (secondary N) is 1. The molecule has 110 valence electrons. The minimum absolute atomic E-state index is 0.527. The quantitative estimate of drug-likeness (QED) is 0.906. The molecule has 0 spiro atoms. The van der Waals surface area contributed by atoms with Gasteiger partial charge in [-0.2, -0.15) is 0 Å². The molecule has 1 saturated heterocycles. The van der Waals surface area contributed by atoms with E-state index in [1.54, 1.807) is 0 Å². The fraction of sp³-hybridized carbons (Fsp3) is 0.286. The smallest absolute Gasteiger partial charge is 0.159 e. The zero-order chi connectivity index (χ0) is 14.7. The molecule has 0 radical (unpaired) electrons. The lowest BCUT2D eigenvalue weighted by atomic mass is 10.3. The molecule has 0 aliphatic carbocycles. The van der Waals surface area contributed by atoms with Crippen LogP contribution in [0.2, 0.25) is 5.02 Å². The van der Waals surface area contributed by atoms with Crippen molar-refractivity contribution in [2.24, 2.45) is 0 Å². The van der Waals surface area contributed by atoms with Gasteiger partial charge in [0.05, 0.1) is 13.2 Å². The number of aromatic nitrogens is 2. The lowest BCUT2D eigenvalue weighted by Crippen LogP contribution is -2.37. The van der Waals surface area contributed by atoms with E-state index < -0.39 is 0 Å². The molecule has 3 N–H and O–H groups in total. The number of anilines is 4. The van der Waals surface area contributed by atoms with Crippen molar-refractivity contribution in [3.63, 3.8) is 0 Å². The molecule has 1 aliphatic rings. The van der Waals surface area contributed by atoms with E-state index >= 15 is 0 Å². The van der Waals surface area contributed by atoms with Crippen LogP contribution in [0.1, 0.15) is 0 Å². The van der Waals surface area contributed by atoms with Crippen molar-refractivity contribution in [2.45, 2.75) is 0 Å². The number of halogens is 1. The van der Waals surface area contributed by atoms with Gasteiger partial charge in [0.15, 0.2) is 11.6 Å². The van der Waals surface area contributed by atoms with Crippen LogP contribution >= 0.6 is 11.6 Å². The Morgan fingerprint density at radius 3 is 2.81 bits per heavy atom. The Hall–Kier alpha value is -2.05. The summed E-state index contributed by atoms with van der Waals surface area (Å²) < 4.78 is 5.34. The molecule has 0 unspecified atom stereocenters. The Morgan fingerprint density at radius 1 is 1.24 bits per heavy atom. The van der Waals surface area contributed by atoms with Gasteiger partial charge < -0.3 is 20.7 Å². The van der Waals surface area contributed by atoms with Crippen molar-refractivity contribution in [1.82, 2.24) is 9.97 Å². The first-order valence-electron chi connectivity index (χ1n) is 6.70. The number of benzene rings is 1. The summed E-state index contributed by atoms with van der Waals surface area (Å²) in [5.74, 6) is 1.31. The highest BCUT2D eigenvalue weighted by molar-refractivity contribution is 6.30. The average molecular weight is 306 g/mol. The first kappa shape index (κ1) is 13.9. The maximum atomic E-state index is 6.20. The highest BCUT2D eigenvalue weighted by Crippen LogP contribution is 2.29. The van der Waals surface area contributed by atoms with Crippen LogP contribution in [-0.4, -0.2) is 36.3 Å². The Kier molecular flexibility index (Phi) is 4.08. The number of nitrogens with two attached hydrogens (primary N) is 1. The van der Waals surface area contributed by atoms with Gasteiger partial charge >= 0.3 is 0 Å². The number of hydrogen-bond acceptors (Lipinski definition) is 6. The molecule has 7 heteroatoms. The van der Waals surface area contributed by atoms with Crippen LogP contribution in [0.3, 0.4) is 0 Å². The lowest BCUT2D eigenvalue weighted by molar-refractivity contribution is 0.122. The number of rotatable bonds is 3. The van der Waals surface area contributed by atoms with E-state index in [9.17, 15) is 0 Å². The molecule has 21 heavy (non-hydrogen) atoms. The van der Waals surface area contributed by atoms with Crippen molar-refractivity contribution >= 4 is 34.6 Å². The second-order valence-electron chi connectivity index (χ2n) is 4.69. The molecule has 0 bridgehead atoms. The van der Waals surface area contributed by atoms with Crippen LogP contribution in [0, 0.1) is 0 Å². The van der Waals surface area contributed by atoms with E-state index in [1.807, 2.05) is 24.3 Å². The standard InChI is InChI=1S/C14H16ClN5O/c15-10-2-1-3-11(8-10)19-13-12(16)14(18-9-17-13)20-4-6-21-7-5-20/h1-3,8-9H,4-7,16H2,(H,17,18,19). The zero-order valence-corrected chi connectivity index (χ0v) is 12.2. The molecule has 6 nitrogen and oxygen atoms in total. The van der Waals surface area contributed by atoms with Crippen LogP contribution in [-0.2, 0) is 4.74 Å². The van der Waals surface area contributed by atoms with Crippen molar-refractivity contribution in [2.75, 3.05) is 42.3 Å². The third-order valence-electron chi connectivity index (χ3n) is 3.26. The van der Waals surface area contributed by atoms with Crippen LogP contribution in [0.4, 0.5) is 23.0 Å². The van der Waals surface area contributed by atoms with E-state index in [0.717, 1.165) is 24.6 Å². The number of nitrogen functional groups attached to an aromatic ring is 1. The van der Waals surface area contributed by atoms with Gasteiger partial charge in [-0.25, -0.2) is 9.97 Å². The van der Waals surface area contributed by atoms with Crippen molar-refractivity contribution in [3.05, 3.63) is 35.6 Å². The summed E-state index contributed by atoms with van der Waals surface area (Å²) in [6.45, 7) is 2.91. The summed E-state index contributed by atoms with van der Waals surface area (Å²) in [7, 11) is 0. The highest BCUT2D eigenvalue weighted by atomic mass is 35.5. The Morgan fingerprint density at radius 2 is 2.05 bits per heavy atom. The maximum Gasteiger partial charge on any atom is 0.159 e. The number of ether oxygens (including phenoxy) is 1. The van der Waals surface area contributed by atoms with Gasteiger partial charge in [0.2, 0.25) is 0 Å². The molecule has 2 heterocycles. The molecule has 1 aromatic heterocycles. The molecule has 2 aromatic rings. The first-order chi connectivity index (χ1) is 10.2. The minimum Gasteiger partial charge on any atom is -0.393 e. The summed E-state index contributed by atoms with van der Waals surface area (Å²) in [5, 5.41) is 3.83. The van der Waals surface area contributed by atoms with Crippen molar-refractivity contribution in [3.8, 4) is 0 Å². The van der Waals surface area contributed by atoms with E-state index in [1.165, 1.54) is 6.33 Å². The third kappa shape index (κ3) is 3.17. The molecule has 1 aromatic carbocycles. The summed E-state index contributed by atoms with van der Waals surface area (Å²) in [5.41, 5.74) is 7.56. The van der Waals surface area contributed by atoms with Crippen LogP contribution in [0.5, 0.6) is 0 Å². The van der Waals surface area contributed by atoms with Crippen LogP contribution in [0.25, 0.3) is 0 Å². The van der Waals surface area contributed by atoms with E-state index in [-0.39, 0.29) is 0 Å². The SMILES string of the molecule is Nc1c(Nc2cccc(Cl)c2)ncnc1N1CCOCC1. The van der Waals surface area contributed by atoms with E-state index in [0.29, 0.717) is 29.7 Å². The number of hydrogen-bond donors (Lipinski definition) is 2. The first-order valence-corrected chi connectivity index (χ1v) is 7.07. The third-order valence-corrected chi connectivity index (χ3v) is 3.50. The monoisotopic (exact) mass is 305 g/mol. The molecular weight excluding hydrogens is 290 g/mol. The van der Waals surface area contributed by atoms with Crippen LogP contribution < -0.4 is 16.0 Å². The molecular formula is C14H16ClN5O. The fourth-order valence-electron chi connectivity index (χ4n) is 2.22. The fourth-order valence-corrected chi connectivity index (χ4v) is 2.41. The van der Waals surface area contributed by atoms with Gasteiger partial charge in [-0.05, 0) is 18.2 Å². The number of morpholine rings is 1. The van der Waals surface area contributed by atoms with Gasteiger partial charge in [-0.1, -0.05) is 17.7 Å². The average Bonchev–Trinajstić information content (AvgIpc) is 2.50. The normalized spacial score (nSPS) is 15.0. The van der Waals surface area contributed by atoms with Gasteiger partial charge in [0.1, 0.15) is 12.0 Å². The Bertz CT molecular complexity index is 631. The zero-order valence-electron chi connectivity index (χ0n) is 11.4. The molecule has 0 saturated carbocycles. The van der Waals surface area contributed by atoms with Crippen molar-refractivity contribution in [1.29, 1.82) is 0 Å². The van der Waals surface area contributed by atoms with E-state index in [4.69, 9.17) is 22.1 Å². The molecule has 3 rings (SSSR count). The van der Waals surface area contributed by atoms with Crippen LogP contribution in [0.15, 0.2) is 30.6 Å². The van der Waals surface area contributed by atoms with Crippen molar-refractivity contribution < 1.29 is 4.74 Å². The Labute approximate surface area is 127 Å². The summed E-state index contributed by atoms with van der Waals surface area (Å²) in [6.07, 6.45) is 1.51. The molecule has 1 fully saturated rings. The Balaban J connectivity index is 1.86. The van der Waals surface area contributed by atoms with Gasteiger partial charge in [-0.15, -0.1) is 0 Å². The number of nitrogens with zero attached hydrogens (tertiary/aromatic N) is 3. The maximum absolute atomic E-state index is 6.20. The second-order valence-corrected chi connectivity index (χ2v) is 5.13. The topological polar surface area (TPSA) is 76.3 Å². The predicted octanol–water partition coefficient (Wildman–Crippen LogP) is 2.29. The molecule has 0 amide bonds. The largest absolute Gasteiger partial charge is 0.393 e. The van der Waals surface area contributed by atoms with Gasteiger partial charge in [-0.3, -0.25) is 0 Å². The summed E-state index contributed by atoms with van der Waals surface area (Å²) in [6, 6.07) is 7.40. The summed E-state index contributed by atoms with van der Waals surface area (Å²) in [4.78, 5) is 10.6.